The molecule has 0 aliphatic rings. The molecule has 33 heavy (non-hydrogen) atoms. The molecule has 0 atom stereocenters. The number of rotatable bonds is 7. The highest BCUT2D eigenvalue weighted by Gasteiger charge is 2.37. The topological polar surface area (TPSA) is 77.2 Å². The molecule has 0 saturated carbocycles. The van der Waals surface area contributed by atoms with Gasteiger partial charge in [-0.25, -0.2) is 0 Å². The Kier molecular flexibility index (Phi) is 6.94. The van der Waals surface area contributed by atoms with Crippen molar-refractivity contribution in [2.24, 2.45) is 0 Å². The zero-order valence-corrected chi connectivity index (χ0v) is 17.0. The number of para-hydroxylation sites is 1. The third-order valence-corrected chi connectivity index (χ3v) is 4.48. The van der Waals surface area contributed by atoms with Gasteiger partial charge in [-0.1, -0.05) is 17.3 Å². The summed E-state index contributed by atoms with van der Waals surface area (Å²) in [6.07, 6.45) is -9.85. The van der Waals surface area contributed by atoms with Crippen molar-refractivity contribution in [1.29, 1.82) is 0 Å². The molecule has 0 spiro atoms. The molecule has 2 aromatic carbocycles. The SMILES string of the molecule is COc1ccccc1-c1noc(CCCC(=O)Nc2cc(C(F)(F)F)cc(C(F)(F)F)c2)n1. The Balaban J connectivity index is 1.62. The predicted octanol–water partition coefficient (Wildman–Crippen LogP) is 5.74. The molecule has 176 valence electrons. The first-order valence-corrected chi connectivity index (χ1v) is 9.52. The van der Waals surface area contributed by atoms with Crippen molar-refractivity contribution in [3.05, 3.63) is 59.5 Å². The Morgan fingerprint density at radius 3 is 2.27 bits per heavy atom. The van der Waals surface area contributed by atoms with E-state index in [1.54, 1.807) is 24.3 Å². The smallest absolute Gasteiger partial charge is 0.416 e. The van der Waals surface area contributed by atoms with Gasteiger partial charge in [0.1, 0.15) is 5.75 Å². The van der Waals surface area contributed by atoms with Crippen molar-refractivity contribution in [2.75, 3.05) is 12.4 Å². The van der Waals surface area contributed by atoms with Crippen LogP contribution >= 0.6 is 0 Å². The van der Waals surface area contributed by atoms with Crippen LogP contribution in [0, 0.1) is 0 Å². The van der Waals surface area contributed by atoms with E-state index in [0.717, 1.165) is 0 Å². The molecule has 12 heteroatoms. The number of alkyl halides is 6. The van der Waals surface area contributed by atoms with Crippen molar-refractivity contribution in [3.63, 3.8) is 0 Å². The van der Waals surface area contributed by atoms with E-state index in [4.69, 9.17) is 9.26 Å². The van der Waals surface area contributed by atoms with Gasteiger partial charge in [0.25, 0.3) is 0 Å². The minimum atomic E-state index is -5.00. The number of hydrogen-bond donors (Lipinski definition) is 1. The largest absolute Gasteiger partial charge is 0.496 e. The van der Waals surface area contributed by atoms with E-state index in [2.05, 4.69) is 15.5 Å². The van der Waals surface area contributed by atoms with Crippen LogP contribution in [-0.4, -0.2) is 23.2 Å². The maximum absolute atomic E-state index is 12.9. The molecule has 0 saturated heterocycles. The van der Waals surface area contributed by atoms with Gasteiger partial charge in [-0.05, 0) is 36.8 Å². The van der Waals surface area contributed by atoms with Gasteiger partial charge >= 0.3 is 12.4 Å². The Morgan fingerprint density at radius 1 is 1.03 bits per heavy atom. The number of aryl methyl sites for hydroxylation is 1. The number of ether oxygens (including phenoxy) is 1. The van der Waals surface area contributed by atoms with Crippen molar-refractivity contribution < 1.29 is 40.4 Å². The van der Waals surface area contributed by atoms with Crippen molar-refractivity contribution in [3.8, 4) is 17.1 Å². The molecule has 0 unspecified atom stereocenters. The number of amides is 1. The molecule has 3 aromatic rings. The van der Waals surface area contributed by atoms with E-state index in [0.29, 0.717) is 23.4 Å². The van der Waals surface area contributed by atoms with E-state index in [-0.39, 0.29) is 37.0 Å². The summed E-state index contributed by atoms with van der Waals surface area (Å²) in [6, 6.07) is 7.86. The highest BCUT2D eigenvalue weighted by atomic mass is 19.4. The van der Waals surface area contributed by atoms with Crippen LogP contribution in [0.1, 0.15) is 29.9 Å². The van der Waals surface area contributed by atoms with Crippen LogP contribution in [0.4, 0.5) is 32.0 Å². The molecule has 3 rings (SSSR count). The molecule has 1 heterocycles. The lowest BCUT2D eigenvalue weighted by atomic mass is 10.1. The van der Waals surface area contributed by atoms with E-state index in [1.807, 2.05) is 0 Å². The van der Waals surface area contributed by atoms with Crippen LogP contribution in [-0.2, 0) is 23.6 Å². The average molecular weight is 473 g/mol. The Hall–Kier alpha value is -3.57. The number of benzene rings is 2. The standard InChI is InChI=1S/C21H17F6N3O3/c1-32-16-6-3-2-5-15(16)19-29-18(33-30-19)8-4-7-17(31)28-14-10-12(20(22,23)24)9-13(11-14)21(25,26)27/h2-3,5-6,9-11H,4,7-8H2,1H3,(H,28,31). The number of methoxy groups -OCH3 is 1. The van der Waals surface area contributed by atoms with Gasteiger partial charge in [0.05, 0.1) is 23.8 Å². The van der Waals surface area contributed by atoms with Crippen LogP contribution in [0.2, 0.25) is 0 Å². The molecule has 0 fully saturated rings. The number of anilines is 1. The van der Waals surface area contributed by atoms with Gasteiger partial charge in [0.15, 0.2) is 0 Å². The average Bonchev–Trinajstić information content (AvgIpc) is 3.21. The maximum atomic E-state index is 12.9. The summed E-state index contributed by atoms with van der Waals surface area (Å²) in [5.74, 6) is 0.258. The highest BCUT2D eigenvalue weighted by Crippen LogP contribution is 2.37. The number of carbonyl (C=O) groups is 1. The fourth-order valence-electron chi connectivity index (χ4n) is 2.95. The third-order valence-electron chi connectivity index (χ3n) is 4.48. The van der Waals surface area contributed by atoms with Crippen LogP contribution in [0.15, 0.2) is 47.0 Å². The summed E-state index contributed by atoms with van der Waals surface area (Å²) < 4.78 is 87.9. The van der Waals surface area contributed by atoms with Crippen molar-refractivity contribution in [2.45, 2.75) is 31.6 Å². The van der Waals surface area contributed by atoms with E-state index >= 15 is 0 Å². The Labute approximate surface area is 183 Å². The number of halogens is 6. The zero-order valence-electron chi connectivity index (χ0n) is 17.0. The van der Waals surface area contributed by atoms with Crippen molar-refractivity contribution in [1.82, 2.24) is 10.1 Å². The fourth-order valence-corrected chi connectivity index (χ4v) is 2.95. The molecule has 0 bridgehead atoms. The van der Waals surface area contributed by atoms with Gasteiger partial charge in [-0.3, -0.25) is 4.79 Å². The Bertz CT molecular complexity index is 1090. The normalized spacial score (nSPS) is 12.0. The summed E-state index contributed by atoms with van der Waals surface area (Å²) in [5, 5.41) is 5.92. The second-order valence-electron chi connectivity index (χ2n) is 6.91. The Morgan fingerprint density at radius 2 is 1.67 bits per heavy atom. The first-order chi connectivity index (χ1) is 15.5. The quantitative estimate of drug-likeness (QED) is 0.443. The minimum Gasteiger partial charge on any atom is -0.496 e. The fraction of sp³-hybridized carbons (Fsp3) is 0.286. The lowest BCUT2D eigenvalue weighted by Crippen LogP contribution is -2.15. The van der Waals surface area contributed by atoms with Gasteiger partial charge in [0.2, 0.25) is 17.6 Å². The van der Waals surface area contributed by atoms with Crippen LogP contribution in [0.25, 0.3) is 11.4 Å². The third kappa shape index (κ3) is 6.24. The monoisotopic (exact) mass is 473 g/mol. The summed E-state index contributed by atoms with van der Waals surface area (Å²) in [7, 11) is 1.49. The molecule has 6 nitrogen and oxygen atoms in total. The summed E-state index contributed by atoms with van der Waals surface area (Å²) >= 11 is 0. The maximum Gasteiger partial charge on any atom is 0.416 e. The first kappa shape index (κ1) is 24.1. The molecular weight excluding hydrogens is 456 g/mol. The second kappa shape index (κ2) is 9.51. The summed E-state index contributed by atoms with van der Waals surface area (Å²) in [5.41, 5.74) is -3.03. The van der Waals surface area contributed by atoms with Gasteiger partial charge in [-0.2, -0.15) is 31.3 Å². The van der Waals surface area contributed by atoms with Crippen LogP contribution in [0.3, 0.4) is 0 Å². The van der Waals surface area contributed by atoms with E-state index in [9.17, 15) is 31.1 Å². The van der Waals surface area contributed by atoms with Crippen molar-refractivity contribution >= 4 is 11.6 Å². The van der Waals surface area contributed by atoms with E-state index in [1.165, 1.54) is 7.11 Å². The lowest BCUT2D eigenvalue weighted by molar-refractivity contribution is -0.143. The zero-order chi connectivity index (χ0) is 24.2. The first-order valence-electron chi connectivity index (χ1n) is 9.52. The molecule has 1 aromatic heterocycles. The number of aromatic nitrogens is 2. The van der Waals surface area contributed by atoms with Gasteiger partial charge in [0, 0.05) is 18.5 Å². The van der Waals surface area contributed by atoms with Gasteiger partial charge < -0.3 is 14.6 Å². The van der Waals surface area contributed by atoms with Crippen LogP contribution in [0.5, 0.6) is 5.75 Å². The highest BCUT2D eigenvalue weighted by molar-refractivity contribution is 5.90. The van der Waals surface area contributed by atoms with Gasteiger partial charge in [-0.15, -0.1) is 0 Å². The number of carbonyl (C=O) groups excluding carboxylic acids is 1. The number of nitrogens with zero attached hydrogens (tertiary/aromatic N) is 2. The second-order valence-corrected chi connectivity index (χ2v) is 6.91. The summed E-state index contributed by atoms with van der Waals surface area (Å²) in [4.78, 5) is 16.3. The number of hydrogen-bond acceptors (Lipinski definition) is 5. The molecule has 1 N–H and O–H groups in total. The predicted molar refractivity (Wildman–Crippen MR) is 104 cm³/mol. The van der Waals surface area contributed by atoms with E-state index < -0.39 is 35.1 Å². The minimum absolute atomic E-state index is 0.00938. The molecule has 0 aliphatic heterocycles. The molecule has 0 aliphatic carbocycles. The number of nitrogens with one attached hydrogen (secondary N) is 1. The lowest BCUT2D eigenvalue weighted by Gasteiger charge is -2.14. The molecular formula is C21H17F6N3O3. The molecule has 1 amide bonds. The summed E-state index contributed by atoms with van der Waals surface area (Å²) in [6.45, 7) is 0. The molecule has 0 radical (unpaired) electrons. The van der Waals surface area contributed by atoms with Crippen LogP contribution < -0.4 is 10.1 Å².